The Morgan fingerprint density at radius 1 is 1.15 bits per heavy atom. The predicted octanol–water partition coefficient (Wildman–Crippen LogP) is 3.69. The van der Waals surface area contributed by atoms with Gasteiger partial charge in [-0.2, -0.15) is 0 Å². The number of amides is 1. The highest BCUT2D eigenvalue weighted by Crippen LogP contribution is 2.21. The van der Waals surface area contributed by atoms with Crippen molar-refractivity contribution >= 4 is 17.7 Å². The van der Waals surface area contributed by atoms with Crippen LogP contribution in [0.2, 0.25) is 0 Å². The molecule has 0 spiro atoms. The van der Waals surface area contributed by atoms with E-state index in [4.69, 9.17) is 4.74 Å². The second-order valence-corrected chi connectivity index (χ2v) is 6.39. The number of nitrogens with zero attached hydrogens (tertiary/aromatic N) is 1. The quantitative estimate of drug-likeness (QED) is 0.814. The number of nitrogens with one attached hydrogen (secondary N) is 1. The van der Waals surface area contributed by atoms with Gasteiger partial charge in [-0.25, -0.2) is 8.78 Å². The Morgan fingerprint density at radius 3 is 2.52 bits per heavy atom. The monoisotopic (exact) mass is 372 g/mol. The highest BCUT2D eigenvalue weighted by molar-refractivity contribution is 5.92. The van der Waals surface area contributed by atoms with Crippen LogP contribution in [0.5, 0.6) is 0 Å². The molecule has 1 heterocycles. The van der Waals surface area contributed by atoms with Gasteiger partial charge in [-0.1, -0.05) is 18.2 Å². The lowest BCUT2D eigenvalue weighted by molar-refractivity contribution is -0.117. The van der Waals surface area contributed by atoms with Crippen LogP contribution in [0.15, 0.2) is 48.5 Å². The number of carbonyl (C=O) groups is 1. The summed E-state index contributed by atoms with van der Waals surface area (Å²) in [5.74, 6) is -1.82. The van der Waals surface area contributed by atoms with E-state index in [0.717, 1.165) is 48.6 Å². The average Bonchev–Trinajstić information content (AvgIpc) is 2.68. The summed E-state index contributed by atoms with van der Waals surface area (Å²) >= 11 is 0. The molecule has 1 saturated heterocycles. The maximum atomic E-state index is 13.6. The molecule has 0 radical (unpaired) electrons. The fourth-order valence-electron chi connectivity index (χ4n) is 2.99. The third kappa shape index (κ3) is 4.92. The first kappa shape index (κ1) is 19.0. The third-order valence-electron chi connectivity index (χ3n) is 4.51. The Balaban J connectivity index is 1.65. The number of morpholine rings is 1. The van der Waals surface area contributed by atoms with E-state index in [2.05, 4.69) is 10.2 Å². The Morgan fingerprint density at radius 2 is 1.81 bits per heavy atom. The van der Waals surface area contributed by atoms with E-state index >= 15 is 0 Å². The van der Waals surface area contributed by atoms with Gasteiger partial charge in [-0.3, -0.25) is 4.79 Å². The number of rotatable bonds is 5. The van der Waals surface area contributed by atoms with Gasteiger partial charge >= 0.3 is 0 Å². The molecule has 0 aromatic heterocycles. The van der Waals surface area contributed by atoms with Crippen LogP contribution in [-0.2, 0) is 9.53 Å². The number of halogens is 2. The van der Waals surface area contributed by atoms with Gasteiger partial charge in [0, 0.05) is 30.4 Å². The number of ether oxygens (including phenoxy) is 1. The van der Waals surface area contributed by atoms with Crippen molar-refractivity contribution < 1.29 is 18.3 Å². The molecular formula is C21H22F2N2O2. The van der Waals surface area contributed by atoms with Crippen LogP contribution < -0.4 is 10.2 Å². The Labute approximate surface area is 157 Å². The fraction of sp³-hybridized carbons (Fsp3) is 0.286. The molecule has 0 saturated carbocycles. The van der Waals surface area contributed by atoms with E-state index in [0.29, 0.717) is 13.2 Å². The van der Waals surface area contributed by atoms with E-state index in [1.807, 2.05) is 31.2 Å². The number of hydrogen-bond acceptors (Lipinski definition) is 3. The number of hydrogen-bond donors (Lipinski definition) is 1. The number of anilines is 1. The van der Waals surface area contributed by atoms with Crippen molar-refractivity contribution in [3.8, 4) is 0 Å². The van der Waals surface area contributed by atoms with E-state index in [-0.39, 0.29) is 11.6 Å². The summed E-state index contributed by atoms with van der Waals surface area (Å²) in [5.41, 5.74) is 1.81. The molecule has 0 bridgehead atoms. The van der Waals surface area contributed by atoms with Crippen molar-refractivity contribution in [2.75, 3.05) is 31.2 Å². The van der Waals surface area contributed by atoms with Gasteiger partial charge in [0.2, 0.25) is 5.91 Å². The van der Waals surface area contributed by atoms with Crippen LogP contribution in [-0.4, -0.2) is 32.2 Å². The van der Waals surface area contributed by atoms with Crippen molar-refractivity contribution in [3.63, 3.8) is 0 Å². The molecule has 2 aromatic rings. The summed E-state index contributed by atoms with van der Waals surface area (Å²) in [4.78, 5) is 14.4. The molecule has 4 nitrogen and oxygen atoms in total. The normalized spacial score (nSPS) is 15.7. The molecule has 27 heavy (non-hydrogen) atoms. The smallest absolute Gasteiger partial charge is 0.244 e. The summed E-state index contributed by atoms with van der Waals surface area (Å²) in [5, 5.41) is 2.82. The summed E-state index contributed by atoms with van der Waals surface area (Å²) in [7, 11) is 0. The molecule has 2 aromatic carbocycles. The highest BCUT2D eigenvalue weighted by atomic mass is 19.1. The zero-order valence-corrected chi connectivity index (χ0v) is 15.1. The Hall–Kier alpha value is -2.73. The zero-order valence-electron chi connectivity index (χ0n) is 15.1. The maximum Gasteiger partial charge on any atom is 0.244 e. The van der Waals surface area contributed by atoms with Gasteiger partial charge in [0.15, 0.2) is 0 Å². The molecule has 1 aliphatic rings. The molecule has 1 fully saturated rings. The van der Waals surface area contributed by atoms with Crippen LogP contribution >= 0.6 is 0 Å². The first-order valence-electron chi connectivity index (χ1n) is 8.90. The molecule has 1 atom stereocenters. The van der Waals surface area contributed by atoms with Gasteiger partial charge in [-0.15, -0.1) is 0 Å². The molecule has 1 unspecified atom stereocenters. The lowest BCUT2D eigenvalue weighted by atomic mass is 10.1. The lowest BCUT2D eigenvalue weighted by Gasteiger charge is -2.29. The van der Waals surface area contributed by atoms with Gasteiger partial charge in [0.05, 0.1) is 19.3 Å². The topological polar surface area (TPSA) is 41.6 Å². The molecule has 0 aliphatic carbocycles. The van der Waals surface area contributed by atoms with Crippen LogP contribution in [0.3, 0.4) is 0 Å². The van der Waals surface area contributed by atoms with Crippen molar-refractivity contribution in [1.29, 1.82) is 0 Å². The third-order valence-corrected chi connectivity index (χ3v) is 4.51. The van der Waals surface area contributed by atoms with Crippen LogP contribution in [0, 0.1) is 11.6 Å². The molecule has 142 valence electrons. The lowest BCUT2D eigenvalue weighted by Crippen LogP contribution is -2.36. The van der Waals surface area contributed by atoms with Gasteiger partial charge in [0.25, 0.3) is 0 Å². The standard InChI is InChI=1S/C21H22F2N2O2/c1-15(16-4-2-5-17(14-16)25-10-12-27-13-11-25)24-21(26)9-8-18-19(22)6-3-7-20(18)23/h2-9,14-15H,10-13H2,1H3,(H,24,26)/b9-8+. The predicted molar refractivity (Wildman–Crippen MR) is 101 cm³/mol. The van der Waals surface area contributed by atoms with Gasteiger partial charge in [-0.05, 0) is 42.8 Å². The van der Waals surface area contributed by atoms with Crippen LogP contribution in [0.1, 0.15) is 24.1 Å². The summed E-state index contributed by atoms with van der Waals surface area (Å²) < 4.78 is 32.6. The minimum atomic E-state index is -0.703. The number of carbonyl (C=O) groups excluding carboxylic acids is 1. The number of benzene rings is 2. The SMILES string of the molecule is CC(NC(=O)/C=C/c1c(F)cccc1F)c1cccc(N2CCOCC2)c1. The second-order valence-electron chi connectivity index (χ2n) is 6.39. The average molecular weight is 372 g/mol. The molecule has 1 aliphatic heterocycles. The first-order valence-corrected chi connectivity index (χ1v) is 8.90. The van der Waals surface area contributed by atoms with Crippen molar-refractivity contribution in [1.82, 2.24) is 5.32 Å². The van der Waals surface area contributed by atoms with Crippen molar-refractivity contribution in [3.05, 3.63) is 71.3 Å². The highest BCUT2D eigenvalue weighted by Gasteiger charge is 2.14. The minimum absolute atomic E-state index is 0.227. The second kappa shape index (κ2) is 8.77. The molecule has 1 N–H and O–H groups in total. The van der Waals surface area contributed by atoms with Crippen molar-refractivity contribution in [2.24, 2.45) is 0 Å². The Bertz CT molecular complexity index is 812. The van der Waals surface area contributed by atoms with Gasteiger partial charge in [0.1, 0.15) is 11.6 Å². The summed E-state index contributed by atoms with van der Waals surface area (Å²) in [6.45, 7) is 4.94. The Kier molecular flexibility index (Phi) is 6.19. The molecule has 6 heteroatoms. The maximum absolute atomic E-state index is 13.6. The van der Waals surface area contributed by atoms with Crippen LogP contribution in [0.25, 0.3) is 6.08 Å². The summed E-state index contributed by atoms with van der Waals surface area (Å²) in [6, 6.07) is 11.3. The van der Waals surface area contributed by atoms with E-state index in [1.54, 1.807) is 0 Å². The molecule has 1 amide bonds. The fourth-order valence-corrected chi connectivity index (χ4v) is 2.99. The van der Waals surface area contributed by atoms with Gasteiger partial charge < -0.3 is 15.0 Å². The van der Waals surface area contributed by atoms with E-state index in [9.17, 15) is 13.6 Å². The molecular weight excluding hydrogens is 350 g/mol. The largest absolute Gasteiger partial charge is 0.378 e. The van der Waals surface area contributed by atoms with E-state index < -0.39 is 17.5 Å². The zero-order chi connectivity index (χ0) is 19.2. The summed E-state index contributed by atoms with van der Waals surface area (Å²) in [6.07, 6.45) is 2.29. The van der Waals surface area contributed by atoms with Crippen molar-refractivity contribution in [2.45, 2.75) is 13.0 Å². The van der Waals surface area contributed by atoms with E-state index in [1.165, 1.54) is 6.07 Å². The van der Waals surface area contributed by atoms with Crippen LogP contribution in [0.4, 0.5) is 14.5 Å². The molecule has 3 rings (SSSR count). The first-order chi connectivity index (χ1) is 13.0. The minimum Gasteiger partial charge on any atom is -0.378 e.